The smallest absolute Gasteiger partial charge is 0.318 e. The predicted octanol–water partition coefficient (Wildman–Crippen LogP) is 2.35. The maximum atomic E-state index is 12.8. The van der Waals surface area contributed by atoms with Gasteiger partial charge in [-0.2, -0.15) is 5.10 Å². The summed E-state index contributed by atoms with van der Waals surface area (Å²) in [4.78, 5) is 17.3. The fourth-order valence-electron chi connectivity index (χ4n) is 4.95. The number of nitrogens with zero attached hydrogens (tertiary/aromatic N) is 4. The van der Waals surface area contributed by atoms with Gasteiger partial charge in [-0.05, 0) is 44.7 Å². The molecule has 4 heterocycles. The largest absolute Gasteiger partial charge is 0.381 e. The van der Waals surface area contributed by atoms with Crippen molar-refractivity contribution in [1.82, 2.24) is 24.9 Å². The van der Waals surface area contributed by atoms with Gasteiger partial charge in [-0.15, -0.1) is 0 Å². The van der Waals surface area contributed by atoms with Gasteiger partial charge >= 0.3 is 6.03 Å². The number of fused-ring (bicyclic) bond motifs is 3. The van der Waals surface area contributed by atoms with E-state index < -0.39 is 0 Å². The number of methoxy groups -OCH3 is 1. The molecule has 1 N–H and O–H groups in total. The van der Waals surface area contributed by atoms with E-state index in [-0.39, 0.29) is 6.03 Å². The molecule has 2 saturated heterocycles. The summed E-state index contributed by atoms with van der Waals surface area (Å²) in [6.45, 7) is 6.89. The highest BCUT2D eigenvalue weighted by molar-refractivity contribution is 5.75. The van der Waals surface area contributed by atoms with E-state index in [1.807, 2.05) is 0 Å². The summed E-state index contributed by atoms with van der Waals surface area (Å²) >= 11 is 0. The highest BCUT2D eigenvalue weighted by Gasteiger charge is 2.43. The van der Waals surface area contributed by atoms with Crippen LogP contribution in [0.15, 0.2) is 6.07 Å². The van der Waals surface area contributed by atoms with E-state index in [1.54, 1.807) is 7.11 Å². The number of unbranched alkanes of at least 4 members (excludes halogenated alkanes) is 1. The first-order chi connectivity index (χ1) is 13.2. The van der Waals surface area contributed by atoms with E-state index >= 15 is 0 Å². The van der Waals surface area contributed by atoms with Crippen molar-refractivity contribution in [3.05, 3.63) is 17.5 Å². The molecule has 27 heavy (non-hydrogen) atoms. The number of ether oxygens (including phenoxy) is 1. The minimum absolute atomic E-state index is 0.0626. The third-order valence-corrected chi connectivity index (χ3v) is 6.43. The monoisotopic (exact) mass is 375 g/mol. The lowest BCUT2D eigenvalue weighted by atomic mass is 10.0. The average Bonchev–Trinajstić information content (AvgIpc) is 3.21. The van der Waals surface area contributed by atoms with Crippen LogP contribution in [0, 0.1) is 0 Å². The van der Waals surface area contributed by atoms with Gasteiger partial charge < -0.3 is 15.0 Å². The van der Waals surface area contributed by atoms with Gasteiger partial charge in [0.15, 0.2) is 0 Å². The molecular formula is C20H33N5O2. The van der Waals surface area contributed by atoms with E-state index in [2.05, 4.69) is 32.8 Å². The lowest BCUT2D eigenvalue weighted by Gasteiger charge is -2.38. The zero-order chi connectivity index (χ0) is 18.8. The quantitative estimate of drug-likeness (QED) is 0.829. The number of carbonyl (C=O) groups excluding carboxylic acids is 1. The Bertz CT molecular complexity index is 647. The Morgan fingerprint density at radius 2 is 2.07 bits per heavy atom. The van der Waals surface area contributed by atoms with E-state index in [0.717, 1.165) is 57.6 Å². The van der Waals surface area contributed by atoms with Gasteiger partial charge in [-0.3, -0.25) is 9.58 Å². The molecule has 1 aromatic heterocycles. The number of hydrogen-bond acceptors (Lipinski definition) is 4. The topological polar surface area (TPSA) is 62.6 Å². The van der Waals surface area contributed by atoms with Gasteiger partial charge in [0, 0.05) is 32.3 Å². The summed E-state index contributed by atoms with van der Waals surface area (Å²) in [5, 5.41) is 7.81. The van der Waals surface area contributed by atoms with Crippen LogP contribution in [-0.4, -0.2) is 64.0 Å². The molecule has 3 aliphatic heterocycles. The second-order valence-electron chi connectivity index (χ2n) is 8.26. The van der Waals surface area contributed by atoms with E-state index in [4.69, 9.17) is 9.84 Å². The van der Waals surface area contributed by atoms with Crippen LogP contribution in [0.4, 0.5) is 4.79 Å². The molecule has 0 spiro atoms. The van der Waals surface area contributed by atoms with E-state index in [0.29, 0.717) is 24.7 Å². The van der Waals surface area contributed by atoms with Gasteiger partial charge in [0.1, 0.15) is 0 Å². The molecule has 2 bridgehead atoms. The van der Waals surface area contributed by atoms with Crippen LogP contribution in [0.1, 0.15) is 56.8 Å². The number of amides is 2. The van der Waals surface area contributed by atoms with Gasteiger partial charge in [-0.1, -0.05) is 13.3 Å². The molecule has 4 rings (SSSR count). The molecule has 1 aromatic rings. The number of aromatic nitrogens is 2. The molecule has 0 aromatic carbocycles. The number of piperidine rings is 1. The van der Waals surface area contributed by atoms with Gasteiger partial charge in [0.25, 0.3) is 0 Å². The maximum absolute atomic E-state index is 12.8. The normalized spacial score (nSPS) is 27.6. The van der Waals surface area contributed by atoms with Crippen molar-refractivity contribution < 1.29 is 9.53 Å². The lowest BCUT2D eigenvalue weighted by Crippen LogP contribution is -2.52. The van der Waals surface area contributed by atoms with Crippen molar-refractivity contribution in [2.24, 2.45) is 0 Å². The molecule has 0 radical (unpaired) electrons. The Hall–Kier alpha value is -1.60. The van der Waals surface area contributed by atoms with E-state index in [1.165, 1.54) is 18.5 Å². The minimum Gasteiger partial charge on any atom is -0.381 e. The first-order valence-corrected chi connectivity index (χ1v) is 10.5. The standard InChI is InChI=1S/C20H33N5O2/c1-3-4-7-23-8-9-24-18(14-23)10-15(22-24)13-21-20(26)25-16-5-6-17(25)12-19(11-16)27-2/h10,16-17,19H,3-9,11-14H2,1-2H3,(H,21,26)/t16-,17+,19?. The summed E-state index contributed by atoms with van der Waals surface area (Å²) in [5.74, 6) is 0. The molecular weight excluding hydrogens is 342 g/mol. The molecule has 3 atom stereocenters. The molecule has 3 aliphatic rings. The molecule has 2 amide bonds. The van der Waals surface area contributed by atoms with Crippen LogP contribution < -0.4 is 5.32 Å². The van der Waals surface area contributed by atoms with Crippen LogP contribution in [-0.2, 0) is 24.4 Å². The predicted molar refractivity (Wildman–Crippen MR) is 103 cm³/mol. The van der Waals surface area contributed by atoms with Gasteiger partial charge in [0.2, 0.25) is 0 Å². The summed E-state index contributed by atoms with van der Waals surface area (Å²) in [6, 6.07) is 2.88. The van der Waals surface area contributed by atoms with Crippen LogP contribution in [0.25, 0.3) is 0 Å². The van der Waals surface area contributed by atoms with Crippen molar-refractivity contribution in [2.75, 3.05) is 20.2 Å². The Balaban J connectivity index is 1.31. The lowest BCUT2D eigenvalue weighted by molar-refractivity contribution is 0.0208. The Morgan fingerprint density at radius 3 is 2.78 bits per heavy atom. The second kappa shape index (κ2) is 8.19. The van der Waals surface area contributed by atoms with Crippen molar-refractivity contribution in [2.45, 2.75) is 83.3 Å². The number of carbonyl (C=O) groups is 1. The fraction of sp³-hybridized carbons (Fsp3) is 0.800. The summed E-state index contributed by atoms with van der Waals surface area (Å²) in [7, 11) is 1.78. The third-order valence-electron chi connectivity index (χ3n) is 6.43. The minimum atomic E-state index is 0.0626. The van der Waals surface area contributed by atoms with Gasteiger partial charge in [-0.25, -0.2) is 4.79 Å². The molecule has 1 unspecified atom stereocenters. The van der Waals surface area contributed by atoms with Crippen LogP contribution in [0.5, 0.6) is 0 Å². The third kappa shape index (κ3) is 3.99. The highest BCUT2D eigenvalue weighted by atomic mass is 16.5. The summed E-state index contributed by atoms with van der Waals surface area (Å²) in [6.07, 6.45) is 6.92. The zero-order valence-corrected chi connectivity index (χ0v) is 16.7. The number of rotatable bonds is 6. The van der Waals surface area contributed by atoms with E-state index in [9.17, 15) is 4.79 Å². The first-order valence-electron chi connectivity index (χ1n) is 10.5. The van der Waals surface area contributed by atoms with Crippen molar-refractivity contribution >= 4 is 6.03 Å². The van der Waals surface area contributed by atoms with Gasteiger partial charge in [0.05, 0.1) is 30.6 Å². The highest BCUT2D eigenvalue weighted by Crippen LogP contribution is 2.36. The molecule has 2 fully saturated rings. The molecule has 150 valence electrons. The molecule has 0 aliphatic carbocycles. The van der Waals surface area contributed by atoms with Crippen molar-refractivity contribution in [3.8, 4) is 0 Å². The number of hydrogen-bond donors (Lipinski definition) is 1. The summed E-state index contributed by atoms with van der Waals surface area (Å²) < 4.78 is 7.64. The van der Waals surface area contributed by atoms with Crippen LogP contribution >= 0.6 is 0 Å². The maximum Gasteiger partial charge on any atom is 0.318 e. The Labute approximate surface area is 162 Å². The first kappa shape index (κ1) is 18.7. The average molecular weight is 376 g/mol. The molecule has 0 saturated carbocycles. The van der Waals surface area contributed by atoms with Crippen LogP contribution in [0.2, 0.25) is 0 Å². The number of urea groups is 1. The molecule has 7 heteroatoms. The molecule has 7 nitrogen and oxygen atoms in total. The fourth-order valence-corrected chi connectivity index (χ4v) is 4.95. The van der Waals surface area contributed by atoms with Crippen LogP contribution in [0.3, 0.4) is 0 Å². The Morgan fingerprint density at radius 1 is 1.30 bits per heavy atom. The number of nitrogens with one attached hydrogen (secondary N) is 1. The summed E-state index contributed by atoms with van der Waals surface area (Å²) in [5.41, 5.74) is 2.23. The van der Waals surface area contributed by atoms with Crippen molar-refractivity contribution in [1.29, 1.82) is 0 Å². The SMILES string of the molecule is CCCCN1CCn2nc(CNC(=O)N3[C@@H]4CC[C@H]3CC(OC)C4)cc2C1. The zero-order valence-electron chi connectivity index (χ0n) is 16.7. The van der Waals surface area contributed by atoms with Crippen molar-refractivity contribution in [3.63, 3.8) is 0 Å². The second-order valence-corrected chi connectivity index (χ2v) is 8.26. The Kier molecular flexibility index (Phi) is 5.68.